The monoisotopic (exact) mass is 193 g/mol. The Labute approximate surface area is 62.7 Å². The van der Waals surface area contributed by atoms with Crippen LogP contribution in [0.4, 0.5) is 0 Å². The maximum atomic E-state index is 3.84. The predicted octanol–water partition coefficient (Wildman–Crippen LogP) is 2.27. The molecule has 0 aliphatic rings. The summed E-state index contributed by atoms with van der Waals surface area (Å²) in [7, 11) is 0. The smallest absolute Gasteiger partial charge is 0.0410 e. The molecule has 1 heterocycles. The fraction of sp³-hybridized carbons (Fsp3) is 0. The zero-order chi connectivity index (χ0) is 5.11. The molecule has 0 aromatic carbocycles. The van der Waals surface area contributed by atoms with Gasteiger partial charge in [-0.05, 0) is 28.1 Å². The second-order valence-electron chi connectivity index (χ2n) is 1.17. The molecule has 0 atom stereocenters. The molecule has 1 nitrogen and oxygen atoms in total. The van der Waals surface area contributed by atoms with Crippen LogP contribution in [0.3, 0.4) is 0 Å². The van der Waals surface area contributed by atoms with Crippen LogP contribution in [-0.4, -0.2) is 4.98 Å². The summed E-state index contributed by atoms with van der Waals surface area (Å²) in [5.41, 5.74) is 0. The van der Waals surface area contributed by atoms with Gasteiger partial charge < -0.3 is 0 Å². The SMILES string of the molecule is Brc1cccnc1.Cl. The molecule has 0 unspecified atom stereocenters. The van der Waals surface area contributed by atoms with E-state index in [1.807, 2.05) is 12.1 Å². The van der Waals surface area contributed by atoms with Crippen molar-refractivity contribution in [3.05, 3.63) is 29.0 Å². The Morgan fingerprint density at radius 3 is 2.50 bits per heavy atom. The van der Waals surface area contributed by atoms with Gasteiger partial charge in [-0.25, -0.2) is 0 Å². The van der Waals surface area contributed by atoms with E-state index in [2.05, 4.69) is 20.9 Å². The summed E-state index contributed by atoms with van der Waals surface area (Å²) in [6.07, 6.45) is 3.49. The zero-order valence-corrected chi connectivity index (χ0v) is 6.45. The number of rotatable bonds is 0. The summed E-state index contributed by atoms with van der Waals surface area (Å²) in [5.74, 6) is 0. The number of halogens is 2. The third-order valence-corrected chi connectivity index (χ3v) is 1.09. The molecule has 0 bridgehead atoms. The van der Waals surface area contributed by atoms with Crippen LogP contribution < -0.4 is 0 Å². The lowest BCUT2D eigenvalue weighted by Crippen LogP contribution is -1.64. The van der Waals surface area contributed by atoms with Crippen LogP contribution in [0.15, 0.2) is 29.0 Å². The number of hydrogen-bond donors (Lipinski definition) is 0. The Hall–Kier alpha value is -0.0800. The molecule has 0 spiro atoms. The first-order valence-corrected chi connectivity index (χ1v) is 2.74. The van der Waals surface area contributed by atoms with E-state index in [0.717, 1.165) is 4.47 Å². The van der Waals surface area contributed by atoms with Crippen LogP contribution in [-0.2, 0) is 0 Å². The van der Waals surface area contributed by atoms with Crippen molar-refractivity contribution in [3.63, 3.8) is 0 Å². The maximum Gasteiger partial charge on any atom is 0.0410 e. The first-order valence-electron chi connectivity index (χ1n) is 1.95. The van der Waals surface area contributed by atoms with Crippen LogP contribution >= 0.6 is 28.3 Å². The van der Waals surface area contributed by atoms with Gasteiger partial charge in [-0.3, -0.25) is 4.98 Å². The van der Waals surface area contributed by atoms with E-state index in [-0.39, 0.29) is 12.4 Å². The van der Waals surface area contributed by atoms with E-state index >= 15 is 0 Å². The first-order chi connectivity index (χ1) is 3.39. The second-order valence-corrected chi connectivity index (χ2v) is 2.09. The van der Waals surface area contributed by atoms with Crippen LogP contribution in [0.25, 0.3) is 0 Å². The van der Waals surface area contributed by atoms with E-state index in [1.165, 1.54) is 0 Å². The minimum Gasteiger partial charge on any atom is -0.264 e. The Bertz CT molecular complexity index is 142. The molecule has 8 heavy (non-hydrogen) atoms. The molecule has 1 aromatic heterocycles. The van der Waals surface area contributed by atoms with Crippen LogP contribution in [0.5, 0.6) is 0 Å². The largest absolute Gasteiger partial charge is 0.264 e. The summed E-state index contributed by atoms with van der Waals surface area (Å²) in [6, 6.07) is 3.82. The fourth-order valence-corrected chi connectivity index (χ4v) is 0.613. The lowest BCUT2D eigenvalue weighted by Gasteiger charge is -1.80. The van der Waals surface area contributed by atoms with E-state index < -0.39 is 0 Å². The van der Waals surface area contributed by atoms with Gasteiger partial charge in [-0.15, -0.1) is 12.4 Å². The van der Waals surface area contributed by atoms with Crippen molar-refractivity contribution in [1.82, 2.24) is 4.98 Å². The fourth-order valence-electron chi connectivity index (χ4n) is 0.342. The number of nitrogens with zero attached hydrogens (tertiary/aromatic N) is 1. The summed E-state index contributed by atoms with van der Waals surface area (Å²) in [5, 5.41) is 0. The lowest BCUT2D eigenvalue weighted by atomic mass is 10.5. The molecule has 1 aromatic rings. The van der Waals surface area contributed by atoms with Gasteiger partial charge >= 0.3 is 0 Å². The molecule has 44 valence electrons. The Morgan fingerprint density at radius 2 is 2.25 bits per heavy atom. The molecule has 3 heteroatoms. The minimum atomic E-state index is 0. The number of hydrogen-bond acceptors (Lipinski definition) is 1. The predicted molar refractivity (Wildman–Crippen MR) is 39.2 cm³/mol. The van der Waals surface area contributed by atoms with E-state index in [0.29, 0.717) is 0 Å². The van der Waals surface area contributed by atoms with Crippen molar-refractivity contribution in [2.75, 3.05) is 0 Å². The van der Waals surface area contributed by atoms with E-state index in [9.17, 15) is 0 Å². The average Bonchev–Trinajstić information content (AvgIpc) is 1.69. The molecule has 0 radical (unpaired) electrons. The molecule has 0 fully saturated rings. The zero-order valence-electron chi connectivity index (χ0n) is 4.04. The van der Waals surface area contributed by atoms with Crippen molar-refractivity contribution >= 4 is 28.3 Å². The Balaban J connectivity index is 0.000000490. The van der Waals surface area contributed by atoms with Crippen molar-refractivity contribution in [3.8, 4) is 0 Å². The average molecular weight is 194 g/mol. The first kappa shape index (κ1) is 7.92. The highest BCUT2D eigenvalue weighted by molar-refractivity contribution is 9.10. The second kappa shape index (κ2) is 3.87. The molecule has 0 N–H and O–H groups in total. The standard InChI is InChI=1S/C5H4BrN.ClH/c6-5-2-1-3-7-4-5;/h1-4H;1H. The molecule has 0 saturated heterocycles. The number of aromatic nitrogens is 1. The van der Waals surface area contributed by atoms with Crippen molar-refractivity contribution in [2.24, 2.45) is 0 Å². The van der Waals surface area contributed by atoms with Crippen LogP contribution in [0.2, 0.25) is 0 Å². The van der Waals surface area contributed by atoms with Crippen LogP contribution in [0.1, 0.15) is 0 Å². The topological polar surface area (TPSA) is 12.9 Å². The number of pyridine rings is 1. The lowest BCUT2D eigenvalue weighted by molar-refractivity contribution is 1.31. The molecular weight excluding hydrogens is 189 g/mol. The van der Waals surface area contributed by atoms with Gasteiger partial charge in [0.05, 0.1) is 0 Å². The summed E-state index contributed by atoms with van der Waals surface area (Å²) in [6.45, 7) is 0. The molecule has 0 amide bonds. The van der Waals surface area contributed by atoms with Crippen molar-refractivity contribution in [1.29, 1.82) is 0 Å². The highest BCUT2D eigenvalue weighted by atomic mass is 79.9. The van der Waals surface area contributed by atoms with Gasteiger partial charge in [0.1, 0.15) is 0 Å². The minimum absolute atomic E-state index is 0. The van der Waals surface area contributed by atoms with Gasteiger partial charge in [0.25, 0.3) is 0 Å². The van der Waals surface area contributed by atoms with E-state index in [1.54, 1.807) is 12.4 Å². The van der Waals surface area contributed by atoms with Gasteiger partial charge in [0.15, 0.2) is 0 Å². The third kappa shape index (κ3) is 2.28. The van der Waals surface area contributed by atoms with Gasteiger partial charge in [-0.1, -0.05) is 0 Å². The summed E-state index contributed by atoms with van der Waals surface area (Å²) < 4.78 is 1.02. The summed E-state index contributed by atoms with van der Waals surface area (Å²) >= 11 is 3.25. The Kier molecular flexibility index (Phi) is 3.83. The normalized spacial score (nSPS) is 7.62. The third-order valence-electron chi connectivity index (χ3n) is 0.625. The van der Waals surface area contributed by atoms with Crippen LogP contribution in [0, 0.1) is 0 Å². The quantitative estimate of drug-likeness (QED) is 0.617. The highest BCUT2D eigenvalue weighted by Gasteiger charge is 1.75. The molecule has 0 saturated carbocycles. The van der Waals surface area contributed by atoms with E-state index in [4.69, 9.17) is 0 Å². The van der Waals surface area contributed by atoms with Gasteiger partial charge in [0, 0.05) is 16.9 Å². The molecule has 1 rings (SSSR count). The molecular formula is C5H5BrClN. The maximum absolute atomic E-state index is 3.84. The molecule has 0 aliphatic carbocycles. The Morgan fingerprint density at radius 1 is 1.50 bits per heavy atom. The van der Waals surface area contributed by atoms with Crippen molar-refractivity contribution in [2.45, 2.75) is 0 Å². The molecule has 0 aliphatic heterocycles. The van der Waals surface area contributed by atoms with Gasteiger partial charge in [-0.2, -0.15) is 0 Å². The highest BCUT2D eigenvalue weighted by Crippen LogP contribution is 2.02. The van der Waals surface area contributed by atoms with Gasteiger partial charge in [0.2, 0.25) is 0 Å². The van der Waals surface area contributed by atoms with Crippen molar-refractivity contribution < 1.29 is 0 Å². The summed E-state index contributed by atoms with van der Waals surface area (Å²) in [4.78, 5) is 3.84.